The van der Waals surface area contributed by atoms with Crippen molar-refractivity contribution in [1.82, 2.24) is 5.32 Å². The number of carbonyl (C=O) groups is 1. The first kappa shape index (κ1) is 11.6. The van der Waals surface area contributed by atoms with Crippen LogP contribution in [0.15, 0.2) is 12.2 Å². The Labute approximate surface area is 97.2 Å². The van der Waals surface area contributed by atoms with E-state index in [0.29, 0.717) is 19.1 Å². The zero-order valence-electron chi connectivity index (χ0n) is 9.95. The molecule has 90 valence electrons. The molecule has 0 heterocycles. The van der Waals surface area contributed by atoms with E-state index in [0.717, 1.165) is 24.8 Å². The Kier molecular flexibility index (Phi) is 3.99. The molecular formula is C13H21NO2. The fraction of sp³-hybridized carbons (Fsp3) is 0.769. The number of carbonyl (C=O) groups excluding carboxylic acids is 1. The Balaban J connectivity index is 1.52. The van der Waals surface area contributed by atoms with Gasteiger partial charge in [-0.1, -0.05) is 12.2 Å². The first-order chi connectivity index (χ1) is 7.81. The number of hydrogen-bond donors (Lipinski definition) is 1. The third-order valence-corrected chi connectivity index (χ3v) is 3.63. The smallest absolute Gasteiger partial charge is 0.305 e. The Morgan fingerprint density at radius 2 is 2.44 bits per heavy atom. The quantitative estimate of drug-likeness (QED) is 0.424. The van der Waals surface area contributed by atoms with Crippen molar-refractivity contribution in [3.63, 3.8) is 0 Å². The third-order valence-electron chi connectivity index (χ3n) is 3.63. The Morgan fingerprint density at radius 3 is 3.19 bits per heavy atom. The average Bonchev–Trinajstić information content (AvgIpc) is 2.60. The van der Waals surface area contributed by atoms with Crippen LogP contribution in [-0.2, 0) is 9.53 Å². The zero-order valence-corrected chi connectivity index (χ0v) is 9.95. The maximum absolute atomic E-state index is 11.1. The van der Waals surface area contributed by atoms with Gasteiger partial charge >= 0.3 is 5.97 Å². The van der Waals surface area contributed by atoms with E-state index in [4.69, 9.17) is 4.74 Å². The molecule has 1 N–H and O–H groups in total. The summed E-state index contributed by atoms with van der Waals surface area (Å²) >= 11 is 0. The van der Waals surface area contributed by atoms with Crippen LogP contribution in [0, 0.1) is 11.8 Å². The lowest BCUT2D eigenvalue weighted by atomic mass is 9.71. The second-order valence-electron chi connectivity index (χ2n) is 4.71. The van der Waals surface area contributed by atoms with Crippen molar-refractivity contribution < 1.29 is 9.53 Å². The molecular weight excluding hydrogens is 202 g/mol. The van der Waals surface area contributed by atoms with Crippen LogP contribution in [0.1, 0.15) is 32.6 Å². The minimum atomic E-state index is -0.0726. The monoisotopic (exact) mass is 223 g/mol. The van der Waals surface area contributed by atoms with Crippen molar-refractivity contribution in [2.75, 3.05) is 13.2 Å². The van der Waals surface area contributed by atoms with Crippen LogP contribution in [0.4, 0.5) is 0 Å². The summed E-state index contributed by atoms with van der Waals surface area (Å²) in [5.41, 5.74) is 0. The number of ether oxygens (including phenoxy) is 1. The van der Waals surface area contributed by atoms with Crippen molar-refractivity contribution in [2.24, 2.45) is 11.8 Å². The van der Waals surface area contributed by atoms with E-state index in [1.807, 2.05) is 6.92 Å². The Morgan fingerprint density at radius 1 is 1.56 bits per heavy atom. The van der Waals surface area contributed by atoms with Gasteiger partial charge in [-0.25, -0.2) is 0 Å². The first-order valence-electron chi connectivity index (χ1n) is 6.37. The number of nitrogens with one attached hydrogen (secondary N) is 1. The maximum Gasteiger partial charge on any atom is 0.305 e. The van der Waals surface area contributed by atoms with Gasteiger partial charge in [0, 0.05) is 12.5 Å². The van der Waals surface area contributed by atoms with Crippen molar-refractivity contribution >= 4 is 5.97 Å². The lowest BCUT2D eigenvalue weighted by molar-refractivity contribution is -0.143. The average molecular weight is 223 g/mol. The van der Waals surface area contributed by atoms with E-state index in [2.05, 4.69) is 17.5 Å². The van der Waals surface area contributed by atoms with Gasteiger partial charge in [-0.05, 0) is 44.6 Å². The van der Waals surface area contributed by atoms with Gasteiger partial charge in [0.1, 0.15) is 0 Å². The number of allylic oxidation sites excluding steroid dienone is 1. The van der Waals surface area contributed by atoms with Gasteiger partial charge in [0.25, 0.3) is 0 Å². The number of hydrogen-bond acceptors (Lipinski definition) is 3. The summed E-state index contributed by atoms with van der Waals surface area (Å²) in [6.45, 7) is 3.26. The van der Waals surface area contributed by atoms with Crippen LogP contribution in [0.2, 0.25) is 0 Å². The van der Waals surface area contributed by atoms with Crippen molar-refractivity contribution in [1.29, 1.82) is 0 Å². The van der Waals surface area contributed by atoms with E-state index < -0.39 is 0 Å². The second kappa shape index (κ2) is 5.48. The second-order valence-corrected chi connectivity index (χ2v) is 4.71. The molecule has 0 aromatic carbocycles. The van der Waals surface area contributed by atoms with Crippen LogP contribution in [0.5, 0.6) is 0 Å². The molecule has 2 rings (SSSR count). The summed E-state index contributed by atoms with van der Waals surface area (Å²) in [6.07, 6.45) is 8.64. The van der Waals surface area contributed by atoms with Gasteiger partial charge in [0.05, 0.1) is 6.61 Å². The molecule has 0 amide bonds. The number of esters is 1. The van der Waals surface area contributed by atoms with Crippen molar-refractivity contribution in [3.05, 3.63) is 12.2 Å². The molecule has 3 atom stereocenters. The molecule has 3 nitrogen and oxygen atoms in total. The zero-order chi connectivity index (χ0) is 11.4. The molecule has 3 heteroatoms. The minimum absolute atomic E-state index is 0.0726. The molecule has 0 spiro atoms. The van der Waals surface area contributed by atoms with Crippen LogP contribution in [0.3, 0.4) is 0 Å². The van der Waals surface area contributed by atoms with Crippen LogP contribution >= 0.6 is 0 Å². The summed E-state index contributed by atoms with van der Waals surface area (Å²) in [4.78, 5) is 11.1. The first-order valence-corrected chi connectivity index (χ1v) is 6.37. The summed E-state index contributed by atoms with van der Waals surface area (Å²) in [5, 5.41) is 3.53. The van der Waals surface area contributed by atoms with Gasteiger partial charge < -0.3 is 10.1 Å². The Bertz CT molecular complexity index is 275. The molecule has 0 bridgehead atoms. The molecule has 0 saturated heterocycles. The van der Waals surface area contributed by atoms with Gasteiger partial charge in [0.2, 0.25) is 0 Å². The Hall–Kier alpha value is -0.830. The lowest BCUT2D eigenvalue weighted by Crippen LogP contribution is -2.48. The van der Waals surface area contributed by atoms with Crippen molar-refractivity contribution in [2.45, 2.75) is 38.6 Å². The molecule has 2 aliphatic rings. The van der Waals surface area contributed by atoms with Gasteiger partial charge in [0.15, 0.2) is 0 Å². The molecule has 0 aromatic rings. The highest BCUT2D eigenvalue weighted by Crippen LogP contribution is 2.42. The third kappa shape index (κ3) is 2.64. The van der Waals surface area contributed by atoms with E-state index in [1.165, 1.54) is 12.8 Å². The largest absolute Gasteiger partial charge is 0.466 e. The van der Waals surface area contributed by atoms with Crippen LogP contribution < -0.4 is 5.32 Å². The highest BCUT2D eigenvalue weighted by Gasteiger charge is 2.40. The van der Waals surface area contributed by atoms with Crippen LogP contribution in [-0.4, -0.2) is 25.2 Å². The van der Waals surface area contributed by atoms with Crippen molar-refractivity contribution in [3.8, 4) is 0 Å². The predicted molar refractivity (Wildman–Crippen MR) is 63.0 cm³/mol. The summed E-state index contributed by atoms with van der Waals surface area (Å²) < 4.78 is 4.88. The summed E-state index contributed by atoms with van der Waals surface area (Å²) in [7, 11) is 0. The topological polar surface area (TPSA) is 38.3 Å². The lowest BCUT2D eigenvalue weighted by Gasteiger charge is -2.40. The molecule has 0 radical (unpaired) electrons. The van der Waals surface area contributed by atoms with Gasteiger partial charge in [-0.2, -0.15) is 0 Å². The highest BCUT2D eigenvalue weighted by molar-refractivity contribution is 5.69. The predicted octanol–water partition coefficient (Wildman–Crippen LogP) is 1.88. The maximum atomic E-state index is 11.1. The molecule has 2 aliphatic carbocycles. The minimum Gasteiger partial charge on any atom is -0.466 e. The highest BCUT2D eigenvalue weighted by atomic mass is 16.5. The number of rotatable bonds is 6. The summed E-state index contributed by atoms with van der Waals surface area (Å²) in [6, 6.07) is 0.658. The van der Waals surface area contributed by atoms with Gasteiger partial charge in [-0.3, -0.25) is 4.79 Å². The molecule has 0 aromatic heterocycles. The SMILES string of the molecule is CCOC(=O)CCCNC1CC2CC=CC21. The van der Waals surface area contributed by atoms with E-state index in [1.54, 1.807) is 0 Å². The number of fused-ring (bicyclic) bond motifs is 1. The fourth-order valence-corrected chi connectivity index (χ4v) is 2.70. The molecule has 16 heavy (non-hydrogen) atoms. The molecule has 1 fully saturated rings. The van der Waals surface area contributed by atoms with Gasteiger partial charge in [-0.15, -0.1) is 0 Å². The van der Waals surface area contributed by atoms with Crippen LogP contribution in [0.25, 0.3) is 0 Å². The molecule has 0 aliphatic heterocycles. The van der Waals surface area contributed by atoms with E-state index in [-0.39, 0.29) is 5.97 Å². The molecule has 1 saturated carbocycles. The summed E-state index contributed by atoms with van der Waals surface area (Å²) in [5.74, 6) is 1.60. The molecule has 3 unspecified atom stereocenters. The standard InChI is InChI=1S/C13H21NO2/c1-2-16-13(15)7-4-8-14-12-9-10-5-3-6-11(10)12/h3,6,10-12,14H,2,4-5,7-9H2,1H3. The van der Waals surface area contributed by atoms with E-state index >= 15 is 0 Å². The normalized spacial score (nSPS) is 30.9. The fourth-order valence-electron chi connectivity index (χ4n) is 2.70. The van der Waals surface area contributed by atoms with E-state index in [9.17, 15) is 4.79 Å².